The first kappa shape index (κ1) is 15.4. The molecule has 0 spiro atoms. The summed E-state index contributed by atoms with van der Waals surface area (Å²) in [6, 6.07) is 8.99. The molecule has 1 aliphatic carbocycles. The van der Waals surface area contributed by atoms with E-state index in [1.807, 2.05) is 19.3 Å². The normalized spacial score (nSPS) is 26.4. The molecule has 2 fully saturated rings. The molecule has 2 aromatic rings. The lowest BCUT2D eigenvalue weighted by molar-refractivity contribution is -0.134. The number of imidazole rings is 1. The van der Waals surface area contributed by atoms with Crippen molar-refractivity contribution in [1.82, 2.24) is 14.5 Å². The molecule has 0 N–H and O–H groups in total. The Balaban J connectivity index is 1.43. The van der Waals surface area contributed by atoms with Gasteiger partial charge in [0.25, 0.3) is 0 Å². The van der Waals surface area contributed by atoms with Crippen molar-refractivity contribution in [1.29, 1.82) is 0 Å². The zero-order valence-corrected chi connectivity index (χ0v) is 14.5. The van der Waals surface area contributed by atoms with Gasteiger partial charge in [-0.05, 0) is 44.6 Å². The largest absolute Gasteiger partial charge is 0.340 e. The highest BCUT2D eigenvalue weighted by Crippen LogP contribution is 2.49. The van der Waals surface area contributed by atoms with Crippen LogP contribution in [0.4, 0.5) is 0 Å². The molecule has 2 aliphatic rings. The molecular formula is C20H25N3O. The summed E-state index contributed by atoms with van der Waals surface area (Å²) in [5, 5.41) is 0. The van der Waals surface area contributed by atoms with Crippen molar-refractivity contribution in [3.8, 4) is 0 Å². The number of piperidine rings is 1. The van der Waals surface area contributed by atoms with Crippen molar-refractivity contribution in [2.45, 2.75) is 45.1 Å². The lowest BCUT2D eigenvalue weighted by atomic mass is 10.0. The van der Waals surface area contributed by atoms with Crippen LogP contribution >= 0.6 is 0 Å². The number of hydrogen-bond donors (Lipinski definition) is 0. The Kier molecular flexibility index (Phi) is 3.91. The van der Waals surface area contributed by atoms with Gasteiger partial charge in [0.15, 0.2) is 0 Å². The predicted octanol–water partition coefficient (Wildman–Crippen LogP) is 3.47. The maximum Gasteiger partial charge on any atom is 0.226 e. The molecule has 1 amide bonds. The smallest absolute Gasteiger partial charge is 0.226 e. The second kappa shape index (κ2) is 6.08. The molecule has 1 aromatic heterocycles. The number of aryl methyl sites for hydroxylation is 2. The summed E-state index contributed by atoms with van der Waals surface area (Å²) < 4.78 is 2.23. The number of aromatic nitrogens is 2. The Morgan fingerprint density at radius 3 is 2.92 bits per heavy atom. The van der Waals surface area contributed by atoms with E-state index in [0.717, 1.165) is 38.2 Å². The summed E-state index contributed by atoms with van der Waals surface area (Å²) in [5.74, 6) is 2.00. The van der Waals surface area contributed by atoms with Crippen LogP contribution in [-0.4, -0.2) is 33.4 Å². The lowest BCUT2D eigenvalue weighted by Gasteiger charge is -2.34. The first-order chi connectivity index (χ1) is 11.6. The average Bonchev–Trinajstić information content (AvgIpc) is 3.28. The highest BCUT2D eigenvalue weighted by atomic mass is 16.2. The van der Waals surface area contributed by atoms with Crippen molar-refractivity contribution >= 4 is 5.91 Å². The third-order valence-electron chi connectivity index (χ3n) is 5.54. The molecule has 1 saturated heterocycles. The van der Waals surface area contributed by atoms with E-state index in [0.29, 0.717) is 17.9 Å². The topological polar surface area (TPSA) is 38.1 Å². The Bertz CT molecular complexity index is 751. The maximum absolute atomic E-state index is 12.9. The number of carbonyl (C=O) groups is 1. The predicted molar refractivity (Wildman–Crippen MR) is 93.8 cm³/mol. The summed E-state index contributed by atoms with van der Waals surface area (Å²) in [5.41, 5.74) is 2.60. The van der Waals surface area contributed by atoms with E-state index in [4.69, 9.17) is 0 Å². The van der Waals surface area contributed by atoms with E-state index in [-0.39, 0.29) is 5.92 Å². The van der Waals surface area contributed by atoms with E-state index in [1.54, 1.807) is 0 Å². The minimum Gasteiger partial charge on any atom is -0.340 e. The minimum atomic E-state index is 0.189. The summed E-state index contributed by atoms with van der Waals surface area (Å²) >= 11 is 0. The Morgan fingerprint density at radius 2 is 2.17 bits per heavy atom. The van der Waals surface area contributed by atoms with Crippen LogP contribution in [0.2, 0.25) is 0 Å². The van der Waals surface area contributed by atoms with E-state index >= 15 is 0 Å². The van der Waals surface area contributed by atoms with Crippen molar-refractivity contribution in [3.63, 3.8) is 0 Å². The van der Waals surface area contributed by atoms with Gasteiger partial charge < -0.3 is 9.47 Å². The highest BCUT2D eigenvalue weighted by molar-refractivity contribution is 5.83. The third-order valence-corrected chi connectivity index (χ3v) is 5.54. The number of nitrogens with zero attached hydrogens (tertiary/aromatic N) is 3. The summed E-state index contributed by atoms with van der Waals surface area (Å²) in [6.45, 7) is 5.88. The van der Waals surface area contributed by atoms with Gasteiger partial charge in [0.2, 0.25) is 5.91 Å². The summed E-state index contributed by atoms with van der Waals surface area (Å²) in [4.78, 5) is 19.4. The number of benzene rings is 1. The van der Waals surface area contributed by atoms with E-state index in [9.17, 15) is 4.79 Å². The van der Waals surface area contributed by atoms with Crippen LogP contribution in [0, 0.1) is 19.8 Å². The fourth-order valence-electron chi connectivity index (χ4n) is 4.13. The second-order valence-corrected chi connectivity index (χ2v) is 7.32. The molecule has 3 atom stereocenters. The fraction of sp³-hybridized carbons (Fsp3) is 0.500. The molecule has 126 valence electrons. The van der Waals surface area contributed by atoms with E-state index < -0.39 is 0 Å². The van der Waals surface area contributed by atoms with Gasteiger partial charge in [0.1, 0.15) is 5.82 Å². The molecule has 0 radical (unpaired) electrons. The molecule has 2 heterocycles. The SMILES string of the molecule is Cc1cccc(C2CC2C(=O)N2CCCC(n3ccnc3C)C2)c1. The molecule has 4 rings (SSSR count). The van der Waals surface area contributed by atoms with Crippen LogP contribution in [0.5, 0.6) is 0 Å². The van der Waals surface area contributed by atoms with Gasteiger partial charge in [0, 0.05) is 31.4 Å². The number of amides is 1. The minimum absolute atomic E-state index is 0.189. The fourth-order valence-corrected chi connectivity index (χ4v) is 4.13. The van der Waals surface area contributed by atoms with E-state index in [1.165, 1.54) is 11.1 Å². The van der Waals surface area contributed by atoms with Crippen LogP contribution in [-0.2, 0) is 4.79 Å². The van der Waals surface area contributed by atoms with Gasteiger partial charge in [-0.3, -0.25) is 4.79 Å². The molecule has 1 saturated carbocycles. The number of likely N-dealkylation sites (tertiary alicyclic amines) is 1. The van der Waals surface area contributed by atoms with E-state index in [2.05, 4.69) is 45.6 Å². The first-order valence-corrected chi connectivity index (χ1v) is 8.98. The molecule has 1 aromatic carbocycles. The van der Waals surface area contributed by atoms with Crippen LogP contribution < -0.4 is 0 Å². The Labute approximate surface area is 143 Å². The molecule has 0 bridgehead atoms. The maximum atomic E-state index is 12.9. The quantitative estimate of drug-likeness (QED) is 0.867. The molecule has 24 heavy (non-hydrogen) atoms. The molecule has 1 aliphatic heterocycles. The Morgan fingerprint density at radius 1 is 1.29 bits per heavy atom. The van der Waals surface area contributed by atoms with Crippen LogP contribution in [0.25, 0.3) is 0 Å². The van der Waals surface area contributed by atoms with Gasteiger partial charge in [-0.25, -0.2) is 4.98 Å². The van der Waals surface area contributed by atoms with Crippen molar-refractivity contribution < 1.29 is 4.79 Å². The number of carbonyl (C=O) groups excluding carboxylic acids is 1. The molecule has 4 heteroatoms. The molecule has 4 nitrogen and oxygen atoms in total. The van der Waals surface area contributed by atoms with Crippen molar-refractivity contribution in [3.05, 3.63) is 53.6 Å². The highest BCUT2D eigenvalue weighted by Gasteiger charge is 2.46. The second-order valence-electron chi connectivity index (χ2n) is 7.32. The van der Waals surface area contributed by atoms with Crippen LogP contribution in [0.3, 0.4) is 0 Å². The third kappa shape index (κ3) is 2.85. The van der Waals surface area contributed by atoms with Gasteiger partial charge >= 0.3 is 0 Å². The van der Waals surface area contributed by atoms with Crippen molar-refractivity contribution in [2.24, 2.45) is 5.92 Å². The molecule has 3 unspecified atom stereocenters. The zero-order chi connectivity index (χ0) is 16.7. The van der Waals surface area contributed by atoms with Crippen molar-refractivity contribution in [2.75, 3.05) is 13.1 Å². The van der Waals surface area contributed by atoms with Gasteiger partial charge in [0.05, 0.1) is 6.04 Å². The van der Waals surface area contributed by atoms with Gasteiger partial charge in [-0.1, -0.05) is 29.8 Å². The monoisotopic (exact) mass is 323 g/mol. The summed E-state index contributed by atoms with van der Waals surface area (Å²) in [6.07, 6.45) is 7.11. The molecular weight excluding hydrogens is 298 g/mol. The van der Waals surface area contributed by atoms with Gasteiger partial charge in [-0.2, -0.15) is 0 Å². The number of hydrogen-bond acceptors (Lipinski definition) is 2. The van der Waals surface area contributed by atoms with Crippen LogP contribution in [0.1, 0.15) is 48.2 Å². The van der Waals surface area contributed by atoms with Gasteiger partial charge in [-0.15, -0.1) is 0 Å². The zero-order valence-electron chi connectivity index (χ0n) is 14.5. The summed E-state index contributed by atoms with van der Waals surface area (Å²) in [7, 11) is 0. The standard InChI is InChI=1S/C20H25N3O/c1-14-5-3-6-16(11-14)18-12-19(18)20(24)22-9-4-7-17(13-22)23-10-8-21-15(23)2/h3,5-6,8,10-11,17-19H,4,7,9,12-13H2,1-2H3. The average molecular weight is 323 g/mol. The van der Waals surface area contributed by atoms with Crippen LogP contribution in [0.15, 0.2) is 36.7 Å². The first-order valence-electron chi connectivity index (χ1n) is 8.98. The lowest BCUT2D eigenvalue weighted by Crippen LogP contribution is -2.41. The Hall–Kier alpha value is -2.10. The number of rotatable bonds is 3.